The first kappa shape index (κ1) is 13.3. The number of rotatable bonds is 4. The first-order valence-electron chi connectivity index (χ1n) is 4.94. The van der Waals surface area contributed by atoms with Gasteiger partial charge in [-0.05, 0) is 25.1 Å². The molecular formula is C11H13Cl2NO2. The quantitative estimate of drug-likeness (QED) is 0.905. The average Bonchev–Trinajstić information content (AvgIpc) is 2.23. The molecule has 1 N–H and O–H groups in total. The molecule has 1 aromatic rings. The molecule has 0 saturated carbocycles. The van der Waals surface area contributed by atoms with E-state index in [1.807, 2.05) is 6.92 Å². The molecule has 1 rings (SSSR count). The Morgan fingerprint density at radius 3 is 2.31 bits per heavy atom. The summed E-state index contributed by atoms with van der Waals surface area (Å²) in [6.07, 6.45) is 0. The fraction of sp³-hybridized carbons (Fsp3) is 0.364. The minimum atomic E-state index is -0.180. The van der Waals surface area contributed by atoms with E-state index in [1.54, 1.807) is 18.2 Å². The number of benzene rings is 1. The van der Waals surface area contributed by atoms with E-state index in [0.29, 0.717) is 28.7 Å². The van der Waals surface area contributed by atoms with E-state index in [0.717, 1.165) is 0 Å². The van der Waals surface area contributed by atoms with Crippen molar-refractivity contribution >= 4 is 29.1 Å². The number of carbonyl (C=O) groups is 1. The predicted octanol–water partition coefficient (Wildman–Crippen LogP) is 2.45. The summed E-state index contributed by atoms with van der Waals surface area (Å²) in [6, 6.07) is 4.70. The summed E-state index contributed by atoms with van der Waals surface area (Å²) in [6.45, 7) is 2.62. The van der Waals surface area contributed by atoms with Crippen molar-refractivity contribution in [2.45, 2.75) is 6.92 Å². The summed E-state index contributed by atoms with van der Waals surface area (Å²) in [7, 11) is 0. The molecule has 0 radical (unpaired) electrons. The highest BCUT2D eigenvalue weighted by Crippen LogP contribution is 2.20. The van der Waals surface area contributed by atoms with E-state index >= 15 is 0 Å². The van der Waals surface area contributed by atoms with Gasteiger partial charge in [0.25, 0.3) is 5.91 Å². The Hall–Kier alpha value is -0.770. The second-order valence-corrected chi connectivity index (χ2v) is 4.14. The SMILES string of the molecule is CCN(CCO)C(=O)c1cc(Cl)cc(Cl)c1. The molecule has 0 aromatic heterocycles. The van der Waals surface area contributed by atoms with Crippen molar-refractivity contribution in [3.05, 3.63) is 33.8 Å². The van der Waals surface area contributed by atoms with Crippen LogP contribution in [0, 0.1) is 0 Å². The van der Waals surface area contributed by atoms with E-state index in [-0.39, 0.29) is 12.5 Å². The number of hydrogen-bond donors (Lipinski definition) is 1. The third-order valence-electron chi connectivity index (χ3n) is 2.15. The van der Waals surface area contributed by atoms with Crippen LogP contribution in [-0.2, 0) is 0 Å². The number of likely N-dealkylation sites (N-methyl/N-ethyl adjacent to an activating group) is 1. The first-order chi connectivity index (χ1) is 7.58. The standard InChI is InChI=1S/C11H13Cl2NO2/c1-2-14(3-4-15)11(16)8-5-9(12)7-10(13)6-8/h5-7,15H,2-4H2,1H3. The van der Waals surface area contributed by atoms with Gasteiger partial charge < -0.3 is 10.0 Å². The first-order valence-corrected chi connectivity index (χ1v) is 5.70. The van der Waals surface area contributed by atoms with Crippen LogP contribution in [0.15, 0.2) is 18.2 Å². The zero-order valence-electron chi connectivity index (χ0n) is 8.91. The number of aliphatic hydroxyl groups is 1. The molecule has 5 heteroatoms. The number of nitrogens with zero attached hydrogens (tertiary/aromatic N) is 1. The van der Waals surface area contributed by atoms with Crippen molar-refractivity contribution in [3.63, 3.8) is 0 Å². The van der Waals surface area contributed by atoms with Gasteiger partial charge in [0.05, 0.1) is 6.61 Å². The van der Waals surface area contributed by atoms with E-state index in [1.165, 1.54) is 4.90 Å². The predicted molar refractivity (Wildman–Crippen MR) is 65.1 cm³/mol. The van der Waals surface area contributed by atoms with Crippen LogP contribution in [0.3, 0.4) is 0 Å². The van der Waals surface area contributed by atoms with Crippen LogP contribution in [0.25, 0.3) is 0 Å². The average molecular weight is 262 g/mol. The lowest BCUT2D eigenvalue weighted by Crippen LogP contribution is -2.33. The fourth-order valence-electron chi connectivity index (χ4n) is 1.38. The molecule has 16 heavy (non-hydrogen) atoms. The lowest BCUT2D eigenvalue weighted by Gasteiger charge is -2.19. The summed E-state index contributed by atoms with van der Waals surface area (Å²) in [4.78, 5) is 13.5. The minimum Gasteiger partial charge on any atom is -0.395 e. The van der Waals surface area contributed by atoms with E-state index < -0.39 is 0 Å². The Morgan fingerprint density at radius 2 is 1.88 bits per heavy atom. The van der Waals surface area contributed by atoms with Gasteiger partial charge in [-0.15, -0.1) is 0 Å². The van der Waals surface area contributed by atoms with E-state index in [9.17, 15) is 4.79 Å². The third kappa shape index (κ3) is 3.37. The molecule has 0 fully saturated rings. The van der Waals surface area contributed by atoms with Crippen molar-refractivity contribution < 1.29 is 9.90 Å². The Morgan fingerprint density at radius 1 is 1.31 bits per heavy atom. The van der Waals surface area contributed by atoms with Crippen LogP contribution in [-0.4, -0.2) is 35.6 Å². The van der Waals surface area contributed by atoms with Crippen molar-refractivity contribution in [2.75, 3.05) is 19.7 Å². The van der Waals surface area contributed by atoms with Crippen LogP contribution in [0.2, 0.25) is 10.0 Å². The molecule has 88 valence electrons. The third-order valence-corrected chi connectivity index (χ3v) is 2.58. The molecule has 0 unspecified atom stereocenters. The van der Waals surface area contributed by atoms with Gasteiger partial charge in [0, 0.05) is 28.7 Å². The van der Waals surface area contributed by atoms with Crippen molar-refractivity contribution in [3.8, 4) is 0 Å². The van der Waals surface area contributed by atoms with E-state index in [4.69, 9.17) is 28.3 Å². The zero-order chi connectivity index (χ0) is 12.1. The second kappa shape index (κ2) is 6.09. The highest BCUT2D eigenvalue weighted by molar-refractivity contribution is 6.35. The lowest BCUT2D eigenvalue weighted by molar-refractivity contribution is 0.0732. The Labute approximate surface area is 105 Å². The Bertz CT molecular complexity index is 362. The Balaban J connectivity index is 2.94. The maximum atomic E-state index is 12.0. The lowest BCUT2D eigenvalue weighted by atomic mass is 10.2. The van der Waals surface area contributed by atoms with Gasteiger partial charge in [0.2, 0.25) is 0 Å². The fourth-order valence-corrected chi connectivity index (χ4v) is 1.91. The Kier molecular flexibility index (Phi) is 5.06. The smallest absolute Gasteiger partial charge is 0.254 e. The summed E-state index contributed by atoms with van der Waals surface area (Å²) >= 11 is 11.6. The normalized spacial score (nSPS) is 10.2. The molecule has 0 saturated heterocycles. The molecule has 0 atom stereocenters. The van der Waals surface area contributed by atoms with Gasteiger partial charge in [-0.1, -0.05) is 23.2 Å². The van der Waals surface area contributed by atoms with Gasteiger partial charge in [0.1, 0.15) is 0 Å². The molecule has 1 aromatic carbocycles. The molecule has 3 nitrogen and oxygen atoms in total. The van der Waals surface area contributed by atoms with Gasteiger partial charge >= 0.3 is 0 Å². The maximum Gasteiger partial charge on any atom is 0.254 e. The number of amides is 1. The molecule has 0 aliphatic rings. The molecule has 0 bridgehead atoms. The van der Waals surface area contributed by atoms with Crippen molar-refractivity contribution in [2.24, 2.45) is 0 Å². The van der Waals surface area contributed by atoms with Crippen molar-refractivity contribution in [1.29, 1.82) is 0 Å². The van der Waals surface area contributed by atoms with Gasteiger partial charge in [-0.25, -0.2) is 0 Å². The highest BCUT2D eigenvalue weighted by Gasteiger charge is 2.14. The molecule has 0 aliphatic carbocycles. The van der Waals surface area contributed by atoms with Crippen LogP contribution >= 0.6 is 23.2 Å². The molecule has 0 aliphatic heterocycles. The number of halogens is 2. The number of aliphatic hydroxyl groups excluding tert-OH is 1. The number of hydrogen-bond acceptors (Lipinski definition) is 2. The molecule has 1 amide bonds. The van der Waals surface area contributed by atoms with Crippen LogP contribution in [0.5, 0.6) is 0 Å². The second-order valence-electron chi connectivity index (χ2n) is 3.27. The summed E-state index contributed by atoms with van der Waals surface area (Å²) in [5, 5.41) is 9.68. The van der Waals surface area contributed by atoms with Crippen molar-refractivity contribution in [1.82, 2.24) is 4.90 Å². The maximum absolute atomic E-state index is 12.0. The zero-order valence-corrected chi connectivity index (χ0v) is 10.4. The minimum absolute atomic E-state index is 0.0616. The van der Waals surface area contributed by atoms with Gasteiger partial charge in [-0.2, -0.15) is 0 Å². The largest absolute Gasteiger partial charge is 0.395 e. The molecule has 0 spiro atoms. The van der Waals surface area contributed by atoms with Crippen LogP contribution in [0.1, 0.15) is 17.3 Å². The van der Waals surface area contributed by atoms with Crippen LogP contribution in [0.4, 0.5) is 0 Å². The summed E-state index contributed by atoms with van der Waals surface area (Å²) < 4.78 is 0. The highest BCUT2D eigenvalue weighted by atomic mass is 35.5. The monoisotopic (exact) mass is 261 g/mol. The molecule has 0 heterocycles. The van der Waals surface area contributed by atoms with Crippen LogP contribution < -0.4 is 0 Å². The molecular weight excluding hydrogens is 249 g/mol. The van der Waals surface area contributed by atoms with Gasteiger partial charge in [0.15, 0.2) is 0 Å². The summed E-state index contributed by atoms with van der Waals surface area (Å²) in [5.74, 6) is -0.180. The van der Waals surface area contributed by atoms with Gasteiger partial charge in [-0.3, -0.25) is 4.79 Å². The van der Waals surface area contributed by atoms with E-state index in [2.05, 4.69) is 0 Å². The number of carbonyl (C=O) groups excluding carboxylic acids is 1. The summed E-state index contributed by atoms with van der Waals surface area (Å²) in [5.41, 5.74) is 0.438. The topological polar surface area (TPSA) is 40.5 Å².